The topological polar surface area (TPSA) is 90.3 Å². The summed E-state index contributed by atoms with van der Waals surface area (Å²) in [5.74, 6) is 0.649. The third kappa shape index (κ3) is 8.42. The molecule has 0 aliphatic carbocycles. The van der Waals surface area contributed by atoms with E-state index in [1.54, 1.807) is 0 Å². The molecule has 120 valence electrons. The first-order valence-corrected chi connectivity index (χ1v) is 7.61. The Labute approximate surface area is 126 Å². The molecule has 0 radical (unpaired) electrons. The zero-order chi connectivity index (χ0) is 15.7. The largest absolute Gasteiger partial charge is 0.444 e. The van der Waals surface area contributed by atoms with E-state index in [0.29, 0.717) is 19.0 Å². The summed E-state index contributed by atoms with van der Waals surface area (Å²) >= 11 is 0. The molecule has 1 aliphatic rings. The molecule has 0 aromatic heterocycles. The third-order valence-electron chi connectivity index (χ3n) is 3.51. The van der Waals surface area contributed by atoms with Crippen LogP contribution in [0.5, 0.6) is 0 Å². The second kappa shape index (κ2) is 8.74. The molecule has 0 aromatic rings. The van der Waals surface area contributed by atoms with E-state index in [1.165, 1.54) is 0 Å². The number of nitrogens with one attached hydrogen (secondary N) is 1. The average Bonchev–Trinajstić information content (AvgIpc) is 2.39. The number of alkyl carbamates (subject to hydrolysis) is 1. The molecule has 1 N–H and O–H groups in total. The van der Waals surface area contributed by atoms with Crippen molar-refractivity contribution < 1.29 is 9.53 Å². The molecular formula is C14H27N5O2. The van der Waals surface area contributed by atoms with E-state index >= 15 is 0 Å². The van der Waals surface area contributed by atoms with E-state index in [4.69, 9.17) is 10.3 Å². The summed E-state index contributed by atoms with van der Waals surface area (Å²) in [4.78, 5) is 16.6. The average molecular weight is 297 g/mol. The van der Waals surface area contributed by atoms with Gasteiger partial charge in [0, 0.05) is 24.5 Å². The zero-order valence-electron chi connectivity index (χ0n) is 13.3. The molecule has 1 aliphatic heterocycles. The van der Waals surface area contributed by atoms with Crippen LogP contribution in [0.1, 0.15) is 40.0 Å². The highest BCUT2D eigenvalue weighted by atomic mass is 16.6. The van der Waals surface area contributed by atoms with Crippen molar-refractivity contribution >= 4 is 6.09 Å². The number of carbonyl (C=O) groups is 1. The molecule has 0 bridgehead atoms. The second-order valence-electron chi connectivity index (χ2n) is 6.46. The maximum atomic E-state index is 11.5. The van der Waals surface area contributed by atoms with Crippen LogP contribution in [0, 0.1) is 5.92 Å². The van der Waals surface area contributed by atoms with Gasteiger partial charge in [0.1, 0.15) is 5.60 Å². The molecule has 1 heterocycles. The smallest absolute Gasteiger partial charge is 0.407 e. The van der Waals surface area contributed by atoms with Gasteiger partial charge in [0.05, 0.1) is 0 Å². The third-order valence-corrected chi connectivity index (χ3v) is 3.51. The molecule has 0 aromatic carbocycles. The minimum absolute atomic E-state index is 0.339. The van der Waals surface area contributed by atoms with Gasteiger partial charge in [-0.05, 0) is 64.6 Å². The van der Waals surface area contributed by atoms with Crippen LogP contribution in [0.4, 0.5) is 4.79 Å². The fourth-order valence-corrected chi connectivity index (χ4v) is 2.42. The molecule has 21 heavy (non-hydrogen) atoms. The van der Waals surface area contributed by atoms with Crippen LogP contribution >= 0.6 is 0 Å². The van der Waals surface area contributed by atoms with Gasteiger partial charge in [-0.25, -0.2) is 4.79 Å². The number of rotatable bonds is 6. The number of hydrogen-bond acceptors (Lipinski definition) is 4. The van der Waals surface area contributed by atoms with Gasteiger partial charge in [-0.1, -0.05) is 5.11 Å². The molecule has 0 unspecified atom stereocenters. The Morgan fingerprint density at radius 1 is 1.43 bits per heavy atom. The number of nitrogens with zero attached hydrogens (tertiary/aromatic N) is 4. The van der Waals surface area contributed by atoms with E-state index < -0.39 is 5.60 Å². The van der Waals surface area contributed by atoms with Crippen molar-refractivity contribution in [2.24, 2.45) is 11.0 Å². The quantitative estimate of drug-likeness (QED) is 0.464. The minimum atomic E-state index is -0.443. The Morgan fingerprint density at radius 2 is 2.10 bits per heavy atom. The molecule has 0 spiro atoms. The highest BCUT2D eigenvalue weighted by molar-refractivity contribution is 5.67. The number of amides is 1. The second-order valence-corrected chi connectivity index (χ2v) is 6.46. The van der Waals surface area contributed by atoms with Gasteiger partial charge in [0.25, 0.3) is 0 Å². The molecule has 1 amide bonds. The molecule has 1 rings (SSSR count). The van der Waals surface area contributed by atoms with Gasteiger partial charge >= 0.3 is 6.09 Å². The van der Waals surface area contributed by atoms with Crippen molar-refractivity contribution in [2.45, 2.75) is 45.6 Å². The zero-order valence-corrected chi connectivity index (χ0v) is 13.3. The predicted octanol–water partition coefficient (Wildman–Crippen LogP) is 2.92. The van der Waals surface area contributed by atoms with E-state index in [-0.39, 0.29) is 6.09 Å². The summed E-state index contributed by atoms with van der Waals surface area (Å²) in [6.45, 7) is 9.71. The maximum Gasteiger partial charge on any atom is 0.407 e. The highest BCUT2D eigenvalue weighted by Crippen LogP contribution is 2.19. The Balaban J connectivity index is 2.10. The number of carbonyl (C=O) groups excluding carboxylic acids is 1. The van der Waals surface area contributed by atoms with Crippen LogP contribution < -0.4 is 5.32 Å². The minimum Gasteiger partial charge on any atom is -0.444 e. The van der Waals surface area contributed by atoms with Crippen molar-refractivity contribution in [3.8, 4) is 0 Å². The summed E-state index contributed by atoms with van der Waals surface area (Å²) < 4.78 is 5.20. The first kappa shape index (κ1) is 17.6. The van der Waals surface area contributed by atoms with Gasteiger partial charge in [-0.15, -0.1) is 0 Å². The lowest BCUT2D eigenvalue weighted by atomic mass is 9.93. The number of piperidine rings is 1. The van der Waals surface area contributed by atoms with Gasteiger partial charge in [0.2, 0.25) is 0 Å². The predicted molar refractivity (Wildman–Crippen MR) is 82.0 cm³/mol. The summed E-state index contributed by atoms with van der Waals surface area (Å²) in [5.41, 5.74) is 7.80. The first-order chi connectivity index (χ1) is 9.90. The molecular weight excluding hydrogens is 270 g/mol. The van der Waals surface area contributed by atoms with Gasteiger partial charge < -0.3 is 15.0 Å². The van der Waals surface area contributed by atoms with Crippen LogP contribution in [-0.4, -0.2) is 49.3 Å². The fourth-order valence-electron chi connectivity index (χ4n) is 2.42. The molecule has 0 saturated carbocycles. The standard InChI is InChI=1S/C14H27N5O2/c1-14(2,3)21-13(20)16-7-4-12-5-9-19(10-6-12)11-8-17-18-15/h12H,4-11H2,1-3H3,(H,16,20). The summed E-state index contributed by atoms with van der Waals surface area (Å²) in [6.07, 6.45) is 2.91. The monoisotopic (exact) mass is 297 g/mol. The fraction of sp³-hybridized carbons (Fsp3) is 0.929. The van der Waals surface area contributed by atoms with E-state index in [0.717, 1.165) is 38.9 Å². The van der Waals surface area contributed by atoms with Crippen molar-refractivity contribution in [3.63, 3.8) is 0 Å². The Bertz CT molecular complexity index is 366. The lowest BCUT2D eigenvalue weighted by Gasteiger charge is -2.31. The molecule has 7 heteroatoms. The van der Waals surface area contributed by atoms with E-state index in [9.17, 15) is 4.79 Å². The Morgan fingerprint density at radius 3 is 2.67 bits per heavy atom. The number of ether oxygens (including phenoxy) is 1. The number of hydrogen-bond donors (Lipinski definition) is 1. The van der Waals surface area contributed by atoms with E-state index in [2.05, 4.69) is 20.2 Å². The highest BCUT2D eigenvalue weighted by Gasteiger charge is 2.19. The lowest BCUT2D eigenvalue weighted by molar-refractivity contribution is 0.0522. The normalized spacial score (nSPS) is 17.1. The van der Waals surface area contributed by atoms with Crippen molar-refractivity contribution in [1.29, 1.82) is 0 Å². The Hall–Kier alpha value is -1.46. The SMILES string of the molecule is CC(C)(C)OC(=O)NCCC1CCN(CCN=[N+]=[N-])CC1. The van der Waals surface area contributed by atoms with Crippen molar-refractivity contribution in [3.05, 3.63) is 10.4 Å². The van der Waals surface area contributed by atoms with Crippen LogP contribution in [0.3, 0.4) is 0 Å². The molecule has 1 saturated heterocycles. The van der Waals surface area contributed by atoms with E-state index in [1.807, 2.05) is 20.8 Å². The van der Waals surface area contributed by atoms with Crippen LogP contribution in [-0.2, 0) is 4.74 Å². The maximum absolute atomic E-state index is 11.5. The first-order valence-electron chi connectivity index (χ1n) is 7.61. The lowest BCUT2D eigenvalue weighted by Crippen LogP contribution is -2.37. The van der Waals surface area contributed by atoms with Crippen LogP contribution in [0.2, 0.25) is 0 Å². The van der Waals surface area contributed by atoms with Crippen LogP contribution in [0.25, 0.3) is 10.4 Å². The van der Waals surface area contributed by atoms with Crippen molar-refractivity contribution in [2.75, 3.05) is 32.7 Å². The molecule has 7 nitrogen and oxygen atoms in total. The summed E-state index contributed by atoms with van der Waals surface area (Å²) in [5, 5.41) is 6.37. The Kier molecular flexibility index (Phi) is 7.32. The van der Waals surface area contributed by atoms with Gasteiger partial charge in [-0.3, -0.25) is 0 Å². The molecule has 0 atom stereocenters. The van der Waals surface area contributed by atoms with Gasteiger partial charge in [-0.2, -0.15) is 0 Å². The summed E-state index contributed by atoms with van der Waals surface area (Å²) in [7, 11) is 0. The van der Waals surface area contributed by atoms with Crippen molar-refractivity contribution in [1.82, 2.24) is 10.2 Å². The van der Waals surface area contributed by atoms with Gasteiger partial charge in [0.15, 0.2) is 0 Å². The number of likely N-dealkylation sites (tertiary alicyclic amines) is 1. The van der Waals surface area contributed by atoms with Crippen LogP contribution in [0.15, 0.2) is 5.11 Å². The molecule has 1 fully saturated rings. The number of azide groups is 1. The summed E-state index contributed by atoms with van der Waals surface area (Å²) in [6, 6.07) is 0.